The lowest BCUT2D eigenvalue weighted by Gasteiger charge is -2.35. The number of hydrogen-bond acceptors (Lipinski definition) is 1. The number of aryl methyl sites for hydroxylation is 1. The minimum absolute atomic E-state index is 0.170. The molecule has 0 aliphatic heterocycles. The summed E-state index contributed by atoms with van der Waals surface area (Å²) < 4.78 is 17.3. The number of hydrogen-bond donors (Lipinski definition) is 0. The van der Waals surface area contributed by atoms with Gasteiger partial charge in [-0.15, -0.1) is 0 Å². The van der Waals surface area contributed by atoms with E-state index in [0.29, 0.717) is 17.8 Å². The van der Waals surface area contributed by atoms with E-state index in [9.17, 15) is 0 Å². The van der Waals surface area contributed by atoms with Gasteiger partial charge in [-0.25, -0.2) is 4.39 Å². The van der Waals surface area contributed by atoms with Gasteiger partial charge in [0.1, 0.15) is 5.82 Å². The van der Waals surface area contributed by atoms with Crippen LogP contribution in [0, 0.1) is 18.7 Å². The number of benzene rings is 2. The maximum atomic E-state index is 15.1. The van der Waals surface area contributed by atoms with Crippen LogP contribution in [0.2, 0.25) is 0 Å². The third-order valence-electron chi connectivity index (χ3n) is 6.28. The lowest BCUT2D eigenvalue weighted by atomic mass is 9.68. The Balaban J connectivity index is 1.95. The van der Waals surface area contributed by atoms with Crippen LogP contribution >= 0.6 is 0 Å². The average molecular weight is 387 g/mol. The minimum Gasteiger partial charge on any atom is -0.341 e. The molecule has 0 saturated carbocycles. The molecule has 0 saturated heterocycles. The number of aromatic nitrogens is 2. The van der Waals surface area contributed by atoms with Crippen LogP contribution in [0.25, 0.3) is 10.9 Å². The quantitative estimate of drug-likeness (QED) is 0.383. The molecule has 4 rings (SSSR count). The van der Waals surface area contributed by atoms with E-state index in [1.54, 1.807) is 18.3 Å². The summed E-state index contributed by atoms with van der Waals surface area (Å²) in [5, 5.41) is 0.709. The first-order valence-corrected chi connectivity index (χ1v) is 10.2. The van der Waals surface area contributed by atoms with Crippen molar-refractivity contribution in [3.8, 4) is 0 Å². The van der Waals surface area contributed by atoms with Crippen molar-refractivity contribution in [3.63, 3.8) is 0 Å². The lowest BCUT2D eigenvalue weighted by molar-refractivity contribution is 0.406. The summed E-state index contributed by atoms with van der Waals surface area (Å²) in [6, 6.07) is 19.9. The molecule has 0 N–H and O–H groups in total. The molecule has 3 heteroatoms. The van der Waals surface area contributed by atoms with Gasteiger partial charge in [-0.2, -0.15) is 0 Å². The van der Waals surface area contributed by atoms with E-state index in [4.69, 9.17) is 0 Å². The number of pyridine rings is 1. The van der Waals surface area contributed by atoms with Crippen molar-refractivity contribution in [1.29, 1.82) is 0 Å². The maximum Gasteiger partial charge on any atom is 0.132 e. The van der Waals surface area contributed by atoms with Crippen molar-refractivity contribution in [2.75, 3.05) is 0 Å². The summed E-state index contributed by atoms with van der Waals surface area (Å²) in [7, 11) is 0. The average Bonchev–Trinajstić information content (AvgIpc) is 3.09. The summed E-state index contributed by atoms with van der Waals surface area (Å²) in [5.41, 5.74) is 5.01. The highest BCUT2D eigenvalue weighted by atomic mass is 19.1. The predicted octanol–water partition coefficient (Wildman–Crippen LogP) is 6.49. The molecule has 2 aromatic carbocycles. The monoisotopic (exact) mass is 386 g/mol. The van der Waals surface area contributed by atoms with Crippen LogP contribution in [-0.2, 0) is 12.0 Å². The Bertz CT molecular complexity index is 1130. The topological polar surface area (TPSA) is 17.8 Å². The van der Waals surface area contributed by atoms with E-state index in [1.165, 1.54) is 11.1 Å². The SMILES string of the molecule is Cc1ccc(C(C)(c2cn(Cc3ccccn3)c3cccc(F)c23)C(C)C)cc1. The van der Waals surface area contributed by atoms with Crippen LogP contribution in [-0.4, -0.2) is 9.55 Å². The molecule has 29 heavy (non-hydrogen) atoms. The van der Waals surface area contributed by atoms with Crippen LogP contribution in [0.15, 0.2) is 73.1 Å². The van der Waals surface area contributed by atoms with Gasteiger partial charge in [-0.3, -0.25) is 4.98 Å². The maximum absolute atomic E-state index is 15.1. The first-order chi connectivity index (χ1) is 13.9. The number of nitrogens with zero attached hydrogens (tertiary/aromatic N) is 2. The number of halogens is 1. The smallest absolute Gasteiger partial charge is 0.132 e. The molecular weight excluding hydrogens is 359 g/mol. The summed E-state index contributed by atoms with van der Waals surface area (Å²) in [6.07, 6.45) is 3.93. The second-order valence-electron chi connectivity index (χ2n) is 8.35. The fourth-order valence-corrected chi connectivity index (χ4v) is 4.20. The van der Waals surface area contributed by atoms with Gasteiger partial charge in [0.05, 0.1) is 17.8 Å². The standard InChI is InChI=1S/C26H27FN2/c1-18(2)26(4,20-13-11-19(3)12-14-20)22-17-29(16-21-8-5-6-15-28-21)24-10-7-9-23(27)25(22)24/h5-15,17-18H,16H2,1-4H3. The molecule has 0 aliphatic rings. The van der Waals surface area contributed by atoms with Crippen molar-refractivity contribution in [1.82, 2.24) is 9.55 Å². The Morgan fingerprint density at radius 3 is 2.41 bits per heavy atom. The van der Waals surface area contributed by atoms with Gasteiger partial charge in [-0.05, 0) is 48.2 Å². The van der Waals surface area contributed by atoms with Crippen LogP contribution in [0.3, 0.4) is 0 Å². The van der Waals surface area contributed by atoms with Crippen molar-refractivity contribution < 1.29 is 4.39 Å². The van der Waals surface area contributed by atoms with Crippen molar-refractivity contribution in [2.24, 2.45) is 5.92 Å². The van der Waals surface area contributed by atoms with Gasteiger partial charge >= 0.3 is 0 Å². The molecule has 148 valence electrons. The van der Waals surface area contributed by atoms with Crippen molar-refractivity contribution in [3.05, 3.63) is 101 Å². The number of rotatable bonds is 5. The van der Waals surface area contributed by atoms with E-state index in [2.05, 4.69) is 67.7 Å². The largest absolute Gasteiger partial charge is 0.341 e. The van der Waals surface area contributed by atoms with E-state index >= 15 is 4.39 Å². The third-order valence-corrected chi connectivity index (χ3v) is 6.28. The normalized spacial score (nSPS) is 13.7. The Morgan fingerprint density at radius 2 is 1.76 bits per heavy atom. The fourth-order valence-electron chi connectivity index (χ4n) is 4.20. The number of fused-ring (bicyclic) bond motifs is 1. The zero-order valence-corrected chi connectivity index (χ0v) is 17.5. The van der Waals surface area contributed by atoms with Crippen LogP contribution in [0.1, 0.15) is 43.2 Å². The summed E-state index contributed by atoms with van der Waals surface area (Å²) in [6.45, 7) is 9.36. The fraction of sp³-hybridized carbons (Fsp3) is 0.269. The molecule has 4 aromatic rings. The minimum atomic E-state index is -0.316. The summed E-state index contributed by atoms with van der Waals surface area (Å²) in [5.74, 6) is 0.120. The van der Waals surface area contributed by atoms with E-state index in [-0.39, 0.29) is 11.2 Å². The van der Waals surface area contributed by atoms with Crippen molar-refractivity contribution in [2.45, 2.75) is 39.7 Å². The zero-order valence-electron chi connectivity index (χ0n) is 17.5. The highest BCUT2D eigenvalue weighted by Crippen LogP contribution is 2.43. The van der Waals surface area contributed by atoms with Gasteiger partial charge in [-0.1, -0.05) is 62.7 Å². The van der Waals surface area contributed by atoms with Crippen LogP contribution < -0.4 is 0 Å². The zero-order chi connectivity index (χ0) is 20.6. The van der Waals surface area contributed by atoms with Gasteiger partial charge in [0, 0.05) is 23.2 Å². The highest BCUT2D eigenvalue weighted by molar-refractivity contribution is 5.86. The highest BCUT2D eigenvalue weighted by Gasteiger charge is 2.36. The van der Waals surface area contributed by atoms with E-state index in [1.807, 2.05) is 24.3 Å². The Morgan fingerprint density at radius 1 is 1.00 bits per heavy atom. The summed E-state index contributed by atoms with van der Waals surface area (Å²) >= 11 is 0. The molecular formula is C26H27FN2. The molecule has 2 aromatic heterocycles. The Kier molecular flexibility index (Phi) is 4.99. The molecule has 0 spiro atoms. The molecule has 2 heterocycles. The Hall–Kier alpha value is -2.94. The van der Waals surface area contributed by atoms with E-state index in [0.717, 1.165) is 16.8 Å². The second kappa shape index (κ2) is 7.47. The van der Waals surface area contributed by atoms with E-state index < -0.39 is 0 Å². The lowest BCUT2D eigenvalue weighted by Crippen LogP contribution is -2.30. The molecule has 2 nitrogen and oxygen atoms in total. The second-order valence-corrected chi connectivity index (χ2v) is 8.35. The molecule has 0 amide bonds. The first-order valence-electron chi connectivity index (χ1n) is 10.2. The molecule has 0 bridgehead atoms. The van der Waals surface area contributed by atoms with Gasteiger partial charge in [0.25, 0.3) is 0 Å². The van der Waals surface area contributed by atoms with Gasteiger partial charge in [0.15, 0.2) is 0 Å². The first kappa shape index (κ1) is 19.4. The molecule has 0 radical (unpaired) electrons. The van der Waals surface area contributed by atoms with Gasteiger partial charge < -0.3 is 4.57 Å². The predicted molar refractivity (Wildman–Crippen MR) is 118 cm³/mol. The van der Waals surface area contributed by atoms with Crippen LogP contribution in [0.4, 0.5) is 4.39 Å². The Labute approximate surface area is 172 Å². The van der Waals surface area contributed by atoms with Crippen LogP contribution in [0.5, 0.6) is 0 Å². The molecule has 1 atom stereocenters. The van der Waals surface area contributed by atoms with Crippen molar-refractivity contribution >= 4 is 10.9 Å². The molecule has 0 fully saturated rings. The third kappa shape index (κ3) is 3.35. The molecule has 0 aliphatic carbocycles. The summed E-state index contributed by atoms with van der Waals surface area (Å²) in [4.78, 5) is 4.46. The molecule has 1 unspecified atom stereocenters. The van der Waals surface area contributed by atoms with Gasteiger partial charge in [0.2, 0.25) is 0 Å².